The molecule has 4 N–H and O–H groups in total. The van der Waals surface area contributed by atoms with Gasteiger partial charge in [-0.1, -0.05) is 12.1 Å². The van der Waals surface area contributed by atoms with Crippen LogP contribution in [0, 0.1) is 0 Å². The highest BCUT2D eigenvalue weighted by Gasteiger charge is 2.20. The van der Waals surface area contributed by atoms with Crippen molar-refractivity contribution in [3.63, 3.8) is 0 Å². The van der Waals surface area contributed by atoms with E-state index in [4.69, 9.17) is 16.2 Å². The Labute approximate surface area is 140 Å². The summed E-state index contributed by atoms with van der Waals surface area (Å²) in [7, 11) is 0. The van der Waals surface area contributed by atoms with Gasteiger partial charge in [-0.15, -0.1) is 0 Å². The van der Waals surface area contributed by atoms with Gasteiger partial charge < -0.3 is 16.2 Å². The molecular weight excluding hydrogens is 304 g/mol. The maximum Gasteiger partial charge on any atom is 0.164 e. The third-order valence-electron chi connectivity index (χ3n) is 4.12. The molecule has 0 fully saturated rings. The van der Waals surface area contributed by atoms with Gasteiger partial charge in [0.15, 0.2) is 11.6 Å². The van der Waals surface area contributed by atoms with Crippen molar-refractivity contribution in [3.05, 3.63) is 58.7 Å². The lowest BCUT2D eigenvalue weighted by molar-refractivity contribution is 0.0977. The van der Waals surface area contributed by atoms with E-state index in [2.05, 4.69) is 0 Å². The molecule has 2 aromatic rings. The summed E-state index contributed by atoms with van der Waals surface area (Å²) in [5, 5.41) is 0. The van der Waals surface area contributed by atoms with Crippen LogP contribution < -0.4 is 16.2 Å². The molecular formula is C19H20N2O3. The van der Waals surface area contributed by atoms with Crippen LogP contribution in [0.25, 0.3) is 0 Å². The SMILES string of the molecule is NCCC(=O)c1ccc2c(c1)Cc1ccc(C(=O)CCN)cc1O2. The Kier molecular flexibility index (Phi) is 4.74. The Bertz CT molecular complexity index is 732. The van der Waals surface area contributed by atoms with Crippen molar-refractivity contribution in [1.29, 1.82) is 0 Å². The maximum absolute atomic E-state index is 12.0. The van der Waals surface area contributed by atoms with Gasteiger partial charge in [-0.25, -0.2) is 0 Å². The van der Waals surface area contributed by atoms with Gasteiger partial charge in [0.1, 0.15) is 11.5 Å². The molecule has 0 amide bonds. The Morgan fingerprint density at radius 3 is 2.12 bits per heavy atom. The average Bonchev–Trinajstić information content (AvgIpc) is 2.59. The zero-order valence-corrected chi connectivity index (χ0v) is 13.4. The second kappa shape index (κ2) is 6.95. The fourth-order valence-corrected chi connectivity index (χ4v) is 2.83. The van der Waals surface area contributed by atoms with Crippen LogP contribution in [-0.2, 0) is 6.42 Å². The van der Waals surface area contributed by atoms with Crippen LogP contribution in [0.15, 0.2) is 36.4 Å². The number of hydrogen-bond acceptors (Lipinski definition) is 5. The molecule has 1 aliphatic heterocycles. The number of ketones is 2. The van der Waals surface area contributed by atoms with Gasteiger partial charge >= 0.3 is 0 Å². The van der Waals surface area contributed by atoms with Crippen molar-refractivity contribution >= 4 is 11.6 Å². The topological polar surface area (TPSA) is 95.4 Å². The molecule has 0 atom stereocenters. The fourth-order valence-electron chi connectivity index (χ4n) is 2.83. The minimum absolute atomic E-state index is 0.0115. The van der Waals surface area contributed by atoms with E-state index in [-0.39, 0.29) is 11.6 Å². The Hall–Kier alpha value is -2.50. The van der Waals surface area contributed by atoms with Crippen molar-refractivity contribution < 1.29 is 14.3 Å². The second-order valence-electron chi connectivity index (χ2n) is 5.85. The fraction of sp³-hybridized carbons (Fsp3) is 0.263. The highest BCUT2D eigenvalue weighted by molar-refractivity contribution is 5.97. The van der Waals surface area contributed by atoms with Gasteiger partial charge in [-0.3, -0.25) is 9.59 Å². The summed E-state index contributed by atoms with van der Waals surface area (Å²) < 4.78 is 5.92. The summed E-state index contributed by atoms with van der Waals surface area (Å²) >= 11 is 0. The highest BCUT2D eigenvalue weighted by atomic mass is 16.5. The van der Waals surface area contributed by atoms with Crippen LogP contribution in [0.4, 0.5) is 0 Å². The van der Waals surface area contributed by atoms with Gasteiger partial charge in [0.25, 0.3) is 0 Å². The third kappa shape index (κ3) is 3.22. The minimum atomic E-state index is 0.0115. The number of ether oxygens (including phenoxy) is 1. The molecule has 5 nitrogen and oxygen atoms in total. The van der Waals surface area contributed by atoms with Gasteiger partial charge in [0.05, 0.1) is 0 Å². The van der Waals surface area contributed by atoms with Crippen LogP contribution in [0.1, 0.15) is 44.7 Å². The summed E-state index contributed by atoms with van der Waals surface area (Å²) in [4.78, 5) is 24.0. The van der Waals surface area contributed by atoms with Crippen LogP contribution >= 0.6 is 0 Å². The molecule has 0 radical (unpaired) electrons. The van der Waals surface area contributed by atoms with Crippen molar-refractivity contribution in [2.45, 2.75) is 19.3 Å². The number of hydrogen-bond donors (Lipinski definition) is 2. The van der Waals surface area contributed by atoms with Crippen LogP contribution in [0.2, 0.25) is 0 Å². The van der Waals surface area contributed by atoms with Crippen molar-refractivity contribution in [2.75, 3.05) is 13.1 Å². The number of fused-ring (bicyclic) bond motifs is 2. The predicted octanol–water partition coefficient (Wildman–Crippen LogP) is 2.45. The Morgan fingerprint density at radius 1 is 0.833 bits per heavy atom. The summed E-state index contributed by atoms with van der Waals surface area (Å²) in [5.74, 6) is 1.45. The van der Waals surface area contributed by atoms with E-state index in [0.717, 1.165) is 16.9 Å². The zero-order chi connectivity index (χ0) is 17.1. The Morgan fingerprint density at radius 2 is 1.46 bits per heavy atom. The van der Waals surface area contributed by atoms with Gasteiger partial charge in [0, 0.05) is 36.0 Å². The molecule has 5 heteroatoms. The van der Waals surface area contributed by atoms with Crippen LogP contribution in [0.5, 0.6) is 11.5 Å². The number of carbonyl (C=O) groups is 2. The molecule has 24 heavy (non-hydrogen) atoms. The standard InChI is InChI=1S/C19H20N2O3/c20-7-5-16(22)12-3-4-18-15(9-12)10-14-2-1-13(11-19(14)24-18)17(23)6-8-21/h1-4,9,11H,5-8,10,20-21H2. The first-order valence-corrected chi connectivity index (χ1v) is 8.02. The minimum Gasteiger partial charge on any atom is -0.457 e. The average molecular weight is 324 g/mol. The smallest absolute Gasteiger partial charge is 0.164 e. The quantitative estimate of drug-likeness (QED) is 0.679. The van der Waals surface area contributed by atoms with Gasteiger partial charge in [0.2, 0.25) is 0 Å². The summed E-state index contributed by atoms with van der Waals surface area (Å²) in [6, 6.07) is 10.9. The van der Waals surface area contributed by atoms with Crippen molar-refractivity contribution in [1.82, 2.24) is 0 Å². The molecule has 2 aromatic carbocycles. The van der Waals surface area contributed by atoms with Crippen molar-refractivity contribution in [3.8, 4) is 11.5 Å². The summed E-state index contributed by atoms with van der Waals surface area (Å²) in [6.07, 6.45) is 1.32. The molecule has 0 aliphatic carbocycles. The van der Waals surface area contributed by atoms with Gasteiger partial charge in [-0.05, 0) is 42.9 Å². The third-order valence-corrected chi connectivity index (χ3v) is 4.12. The molecule has 0 bridgehead atoms. The molecule has 124 valence electrons. The van der Waals surface area contributed by atoms with E-state index in [1.807, 2.05) is 12.1 Å². The molecule has 1 aliphatic rings. The van der Waals surface area contributed by atoms with E-state index in [0.29, 0.717) is 49.2 Å². The van der Waals surface area contributed by atoms with E-state index < -0.39 is 0 Å². The van der Waals surface area contributed by atoms with Crippen LogP contribution in [0.3, 0.4) is 0 Å². The maximum atomic E-state index is 12.0. The van der Waals surface area contributed by atoms with Gasteiger partial charge in [-0.2, -0.15) is 0 Å². The second-order valence-corrected chi connectivity index (χ2v) is 5.85. The van der Waals surface area contributed by atoms with E-state index in [1.165, 1.54) is 0 Å². The lowest BCUT2D eigenvalue weighted by Crippen LogP contribution is -2.11. The first kappa shape index (κ1) is 16.4. The largest absolute Gasteiger partial charge is 0.457 e. The number of rotatable bonds is 6. The molecule has 3 rings (SSSR count). The van der Waals surface area contributed by atoms with E-state index in [9.17, 15) is 9.59 Å². The zero-order valence-electron chi connectivity index (χ0n) is 13.4. The monoisotopic (exact) mass is 324 g/mol. The lowest BCUT2D eigenvalue weighted by Gasteiger charge is -2.21. The molecule has 1 heterocycles. The van der Waals surface area contributed by atoms with Crippen LogP contribution in [-0.4, -0.2) is 24.7 Å². The molecule has 0 aromatic heterocycles. The number of Topliss-reactive ketones (excluding diaryl/α,β-unsaturated/α-hetero) is 2. The predicted molar refractivity (Wildman–Crippen MR) is 91.8 cm³/mol. The lowest BCUT2D eigenvalue weighted by atomic mass is 9.95. The number of nitrogens with two attached hydrogens (primary N) is 2. The first-order chi connectivity index (χ1) is 11.6. The molecule has 0 spiro atoms. The molecule has 0 saturated heterocycles. The molecule has 0 unspecified atom stereocenters. The molecule has 0 saturated carbocycles. The van der Waals surface area contributed by atoms with Crippen molar-refractivity contribution in [2.24, 2.45) is 11.5 Å². The number of benzene rings is 2. The Balaban J connectivity index is 1.87. The first-order valence-electron chi connectivity index (χ1n) is 8.02. The normalized spacial score (nSPS) is 12.1. The summed E-state index contributed by atoms with van der Waals surface area (Å²) in [5.41, 5.74) is 14.1. The highest BCUT2D eigenvalue weighted by Crippen LogP contribution is 2.37. The van der Waals surface area contributed by atoms with E-state index in [1.54, 1.807) is 24.3 Å². The van der Waals surface area contributed by atoms with E-state index >= 15 is 0 Å². The number of carbonyl (C=O) groups excluding carboxylic acids is 2. The summed E-state index contributed by atoms with van der Waals surface area (Å²) in [6.45, 7) is 0.675.